The highest BCUT2D eigenvalue weighted by molar-refractivity contribution is 7.92. The summed E-state index contributed by atoms with van der Waals surface area (Å²) < 4.78 is 39.9. The van der Waals surface area contributed by atoms with Crippen molar-refractivity contribution in [3.8, 4) is 28.0 Å². The standard InChI is InChI=1S/C31H36ClNO6S/c1-17-15-21(10-12-23(17)32)26-18(2)25(22-11-13-24-20(16-22)9-8-14-38-24)27(19(3)28(26)33-40(7,36)37)29(30(34)35)39-31(4,5)6/h10-13,15-16,29,33H,8-9,14H2,1-7H3,(H,34,35). The highest BCUT2D eigenvalue weighted by Crippen LogP contribution is 2.48. The number of aliphatic carboxylic acids is 1. The van der Waals surface area contributed by atoms with Crippen LogP contribution in [0.4, 0.5) is 5.69 Å². The van der Waals surface area contributed by atoms with Gasteiger partial charge in [0.05, 0.1) is 24.2 Å². The molecule has 0 radical (unpaired) electrons. The molecule has 2 N–H and O–H groups in total. The van der Waals surface area contributed by atoms with Crippen molar-refractivity contribution >= 4 is 33.3 Å². The van der Waals surface area contributed by atoms with Gasteiger partial charge in [-0.25, -0.2) is 13.2 Å². The molecule has 0 bridgehead atoms. The monoisotopic (exact) mass is 585 g/mol. The number of benzene rings is 3. The second kappa shape index (κ2) is 11.1. The number of rotatable bonds is 7. The van der Waals surface area contributed by atoms with E-state index in [1.165, 1.54) is 0 Å². The predicted octanol–water partition coefficient (Wildman–Crippen LogP) is 7.24. The summed E-state index contributed by atoms with van der Waals surface area (Å²) in [7, 11) is -3.73. The first-order valence-corrected chi connectivity index (χ1v) is 15.4. The zero-order valence-electron chi connectivity index (χ0n) is 23.9. The van der Waals surface area contributed by atoms with Crippen LogP contribution in [0.2, 0.25) is 5.02 Å². The Kier molecular flexibility index (Phi) is 8.28. The van der Waals surface area contributed by atoms with Crippen LogP contribution in [0.3, 0.4) is 0 Å². The van der Waals surface area contributed by atoms with E-state index in [9.17, 15) is 18.3 Å². The molecule has 1 heterocycles. The predicted molar refractivity (Wildman–Crippen MR) is 160 cm³/mol. The summed E-state index contributed by atoms with van der Waals surface area (Å²) >= 11 is 6.34. The second-order valence-corrected chi connectivity index (χ2v) is 13.5. The first-order valence-electron chi connectivity index (χ1n) is 13.2. The van der Waals surface area contributed by atoms with Crippen molar-refractivity contribution in [2.45, 2.75) is 66.1 Å². The molecule has 1 unspecified atom stereocenters. The molecule has 1 aliphatic heterocycles. The molecule has 0 aliphatic carbocycles. The summed E-state index contributed by atoms with van der Waals surface area (Å²) in [4.78, 5) is 12.8. The van der Waals surface area contributed by atoms with E-state index in [2.05, 4.69) is 4.72 Å². The first-order chi connectivity index (χ1) is 18.6. The zero-order valence-corrected chi connectivity index (χ0v) is 25.5. The van der Waals surface area contributed by atoms with Crippen LogP contribution >= 0.6 is 11.6 Å². The van der Waals surface area contributed by atoms with Gasteiger partial charge in [0.2, 0.25) is 10.0 Å². The minimum absolute atomic E-state index is 0.311. The van der Waals surface area contributed by atoms with Crippen LogP contribution in [0.25, 0.3) is 22.3 Å². The van der Waals surface area contributed by atoms with Crippen molar-refractivity contribution < 1.29 is 27.8 Å². The molecule has 3 aromatic rings. The van der Waals surface area contributed by atoms with Crippen molar-refractivity contribution in [3.63, 3.8) is 0 Å². The number of anilines is 1. The molecule has 7 nitrogen and oxygen atoms in total. The van der Waals surface area contributed by atoms with Crippen molar-refractivity contribution in [1.29, 1.82) is 0 Å². The number of carboxylic acid groups (broad SMARTS) is 1. The van der Waals surface area contributed by atoms with Gasteiger partial charge in [0, 0.05) is 16.1 Å². The van der Waals surface area contributed by atoms with Crippen LogP contribution in [0.15, 0.2) is 36.4 Å². The fraction of sp³-hybridized carbons (Fsp3) is 0.387. The van der Waals surface area contributed by atoms with Crippen molar-refractivity contribution in [2.24, 2.45) is 0 Å². The molecule has 0 aromatic heterocycles. The Balaban J connectivity index is 2.17. The average molecular weight is 586 g/mol. The number of fused-ring (bicyclic) bond motifs is 1. The summed E-state index contributed by atoms with van der Waals surface area (Å²) in [6.07, 6.45) is 1.45. The molecule has 0 fully saturated rings. The molecule has 4 rings (SSSR count). The topological polar surface area (TPSA) is 102 Å². The van der Waals surface area contributed by atoms with Gasteiger partial charge in [0.1, 0.15) is 5.75 Å². The molecule has 9 heteroatoms. The number of hydrogen-bond acceptors (Lipinski definition) is 5. The summed E-state index contributed by atoms with van der Waals surface area (Å²) in [6, 6.07) is 11.4. The van der Waals surface area contributed by atoms with Gasteiger partial charge in [-0.2, -0.15) is 0 Å². The molecule has 40 heavy (non-hydrogen) atoms. The number of halogens is 1. The number of sulfonamides is 1. The third-order valence-corrected chi connectivity index (χ3v) is 7.94. The lowest BCUT2D eigenvalue weighted by molar-refractivity contribution is -0.160. The SMILES string of the molecule is Cc1cc(-c2c(C)c(-c3ccc4c(c3)CCCO4)c(C(OC(C)(C)C)C(=O)O)c(C)c2NS(C)(=O)=O)ccc1Cl. The number of carbonyl (C=O) groups is 1. The lowest BCUT2D eigenvalue weighted by Crippen LogP contribution is -2.29. The molecule has 1 atom stereocenters. The summed E-state index contributed by atoms with van der Waals surface area (Å²) in [5, 5.41) is 11.0. The van der Waals surface area contributed by atoms with Gasteiger partial charge in [-0.15, -0.1) is 0 Å². The Morgan fingerprint density at radius 1 is 1.05 bits per heavy atom. The van der Waals surface area contributed by atoms with E-state index < -0.39 is 27.7 Å². The highest BCUT2D eigenvalue weighted by atomic mass is 35.5. The normalized spacial score (nSPS) is 14.3. The molecular formula is C31H36ClNO6S. The van der Waals surface area contributed by atoms with E-state index in [1.807, 2.05) is 44.2 Å². The minimum atomic E-state index is -3.73. The largest absolute Gasteiger partial charge is 0.493 e. The molecule has 0 amide bonds. The van der Waals surface area contributed by atoms with Crippen LogP contribution in [-0.2, 0) is 26.0 Å². The Hall–Kier alpha value is -3.07. The van der Waals surface area contributed by atoms with Crippen molar-refractivity contribution in [1.82, 2.24) is 0 Å². The second-order valence-electron chi connectivity index (χ2n) is 11.3. The molecule has 3 aromatic carbocycles. The number of aryl methyl sites for hydroxylation is 2. The van der Waals surface area contributed by atoms with Gasteiger partial charge >= 0.3 is 5.97 Å². The maximum Gasteiger partial charge on any atom is 0.337 e. The Bertz CT molecular complexity index is 1590. The quantitative estimate of drug-likeness (QED) is 0.303. The third-order valence-electron chi connectivity index (χ3n) is 6.94. The Morgan fingerprint density at radius 2 is 1.70 bits per heavy atom. The number of hydrogen-bond donors (Lipinski definition) is 2. The number of nitrogens with one attached hydrogen (secondary N) is 1. The Morgan fingerprint density at radius 3 is 2.30 bits per heavy atom. The average Bonchev–Trinajstić information content (AvgIpc) is 2.85. The van der Waals surface area contributed by atoms with Crippen LogP contribution in [0.1, 0.15) is 61.1 Å². The van der Waals surface area contributed by atoms with Gasteiger partial charge in [-0.05, 0) is 118 Å². The maximum atomic E-state index is 12.8. The molecular weight excluding hydrogens is 550 g/mol. The van der Waals surface area contributed by atoms with E-state index in [0.29, 0.717) is 45.1 Å². The van der Waals surface area contributed by atoms with Gasteiger partial charge < -0.3 is 14.6 Å². The lowest BCUT2D eigenvalue weighted by Gasteiger charge is -2.31. The number of ether oxygens (including phenoxy) is 2. The molecule has 0 saturated carbocycles. The Labute approximate surface area is 241 Å². The van der Waals surface area contributed by atoms with E-state index >= 15 is 0 Å². The smallest absolute Gasteiger partial charge is 0.337 e. The van der Waals surface area contributed by atoms with E-state index in [4.69, 9.17) is 21.1 Å². The van der Waals surface area contributed by atoms with E-state index in [1.54, 1.807) is 33.8 Å². The molecule has 0 saturated heterocycles. The van der Waals surface area contributed by atoms with Crippen LogP contribution in [0, 0.1) is 20.8 Å². The molecule has 0 spiro atoms. The summed E-state index contributed by atoms with van der Waals surface area (Å²) in [5.41, 5.74) is 5.87. The molecule has 1 aliphatic rings. The fourth-order valence-corrected chi connectivity index (χ4v) is 6.04. The van der Waals surface area contributed by atoms with Crippen LogP contribution < -0.4 is 9.46 Å². The van der Waals surface area contributed by atoms with Crippen molar-refractivity contribution in [2.75, 3.05) is 17.6 Å². The maximum absolute atomic E-state index is 12.8. The highest BCUT2D eigenvalue weighted by Gasteiger charge is 2.34. The molecule has 214 valence electrons. The van der Waals surface area contributed by atoms with E-state index in [0.717, 1.165) is 47.1 Å². The van der Waals surface area contributed by atoms with Gasteiger partial charge in [-0.3, -0.25) is 4.72 Å². The van der Waals surface area contributed by atoms with Gasteiger partial charge in [0.15, 0.2) is 6.10 Å². The first kappa shape index (κ1) is 29.9. The summed E-state index contributed by atoms with van der Waals surface area (Å²) in [6.45, 7) is 11.5. The fourth-order valence-electron chi connectivity index (χ4n) is 5.30. The van der Waals surface area contributed by atoms with Crippen LogP contribution in [0.5, 0.6) is 5.75 Å². The van der Waals surface area contributed by atoms with Crippen LogP contribution in [-0.4, -0.2) is 38.0 Å². The van der Waals surface area contributed by atoms with Gasteiger partial charge in [-0.1, -0.05) is 23.7 Å². The summed E-state index contributed by atoms with van der Waals surface area (Å²) in [5.74, 6) is -0.351. The zero-order chi connectivity index (χ0) is 29.6. The minimum Gasteiger partial charge on any atom is -0.493 e. The third kappa shape index (κ3) is 6.29. The number of carboxylic acids is 1. The van der Waals surface area contributed by atoms with Crippen molar-refractivity contribution in [3.05, 3.63) is 69.2 Å². The lowest BCUT2D eigenvalue weighted by atomic mass is 9.82. The van der Waals surface area contributed by atoms with Gasteiger partial charge in [0.25, 0.3) is 0 Å². The van der Waals surface area contributed by atoms with E-state index in [-0.39, 0.29) is 0 Å².